The third-order valence-corrected chi connectivity index (χ3v) is 4.70. The molecule has 0 spiro atoms. The van der Waals surface area contributed by atoms with Gasteiger partial charge in [0.25, 0.3) is 0 Å². The van der Waals surface area contributed by atoms with Crippen molar-refractivity contribution in [1.29, 1.82) is 0 Å². The number of rotatable bonds is 4. The van der Waals surface area contributed by atoms with Crippen LogP contribution in [0.5, 0.6) is 0 Å². The zero-order valence-corrected chi connectivity index (χ0v) is 15.2. The summed E-state index contributed by atoms with van der Waals surface area (Å²) in [5, 5.41) is 3.01. The van der Waals surface area contributed by atoms with Crippen LogP contribution in [0.25, 0.3) is 0 Å². The Morgan fingerprint density at radius 1 is 1.29 bits per heavy atom. The second kappa shape index (κ2) is 6.80. The predicted molar refractivity (Wildman–Crippen MR) is 96.3 cm³/mol. The Morgan fingerprint density at radius 3 is 2.42 bits per heavy atom. The summed E-state index contributed by atoms with van der Waals surface area (Å²) in [4.78, 5) is 25.7. The molecular formula is C20H28N2O2. The van der Waals surface area contributed by atoms with E-state index in [1.54, 1.807) is 6.20 Å². The molecule has 0 radical (unpaired) electrons. The van der Waals surface area contributed by atoms with Crippen LogP contribution in [0, 0.1) is 5.92 Å². The van der Waals surface area contributed by atoms with Gasteiger partial charge in [-0.05, 0) is 38.7 Å². The van der Waals surface area contributed by atoms with E-state index in [9.17, 15) is 9.59 Å². The van der Waals surface area contributed by atoms with Gasteiger partial charge in [0.05, 0.1) is 0 Å². The van der Waals surface area contributed by atoms with Gasteiger partial charge in [-0.1, -0.05) is 50.3 Å². The second-order valence-electron chi connectivity index (χ2n) is 7.89. The highest BCUT2D eigenvalue weighted by atomic mass is 16.2. The van der Waals surface area contributed by atoms with Gasteiger partial charge in [0.15, 0.2) is 0 Å². The lowest BCUT2D eigenvalue weighted by atomic mass is 9.66. The van der Waals surface area contributed by atoms with E-state index < -0.39 is 6.04 Å². The number of nitrogens with one attached hydrogen (secondary N) is 1. The summed E-state index contributed by atoms with van der Waals surface area (Å²) in [6.45, 7) is 10.2. The number of amides is 2. The lowest BCUT2D eigenvalue weighted by molar-refractivity contribution is -0.133. The van der Waals surface area contributed by atoms with Crippen molar-refractivity contribution in [2.24, 2.45) is 5.92 Å². The molecule has 0 unspecified atom stereocenters. The average Bonchev–Trinajstić information content (AvgIpc) is 2.53. The fraction of sp³-hybridized carbons (Fsp3) is 0.500. The first-order valence-corrected chi connectivity index (χ1v) is 8.49. The maximum atomic E-state index is 12.8. The Balaban J connectivity index is 2.42. The Morgan fingerprint density at radius 2 is 1.92 bits per heavy atom. The van der Waals surface area contributed by atoms with Crippen molar-refractivity contribution in [2.75, 3.05) is 0 Å². The van der Waals surface area contributed by atoms with Crippen LogP contribution in [-0.2, 0) is 15.0 Å². The summed E-state index contributed by atoms with van der Waals surface area (Å²) in [5.74, 6) is 0.190. The van der Waals surface area contributed by atoms with Gasteiger partial charge in [-0.3, -0.25) is 9.59 Å². The smallest absolute Gasteiger partial charge is 0.243 e. The zero-order chi connectivity index (χ0) is 18.0. The number of nitrogens with zero attached hydrogens (tertiary/aromatic N) is 1. The van der Waals surface area contributed by atoms with Gasteiger partial charge in [0.2, 0.25) is 12.3 Å². The van der Waals surface area contributed by atoms with Crippen molar-refractivity contribution in [2.45, 2.75) is 58.0 Å². The number of hydrogen-bond donors (Lipinski definition) is 1. The van der Waals surface area contributed by atoms with Gasteiger partial charge in [0, 0.05) is 17.2 Å². The van der Waals surface area contributed by atoms with E-state index in [1.807, 2.05) is 39.0 Å². The Hall–Kier alpha value is -2.10. The molecule has 0 aliphatic carbocycles. The van der Waals surface area contributed by atoms with Crippen molar-refractivity contribution < 1.29 is 9.59 Å². The molecule has 24 heavy (non-hydrogen) atoms. The van der Waals surface area contributed by atoms with Crippen LogP contribution < -0.4 is 5.32 Å². The molecule has 2 rings (SSSR count). The van der Waals surface area contributed by atoms with Crippen LogP contribution in [0.1, 0.15) is 46.6 Å². The summed E-state index contributed by atoms with van der Waals surface area (Å²) < 4.78 is 0. The van der Waals surface area contributed by atoms with Gasteiger partial charge in [-0.15, -0.1) is 0 Å². The maximum Gasteiger partial charge on any atom is 0.243 e. The van der Waals surface area contributed by atoms with Crippen molar-refractivity contribution in [3.05, 3.63) is 48.2 Å². The maximum absolute atomic E-state index is 12.8. The minimum Gasteiger partial charge on any atom is -0.350 e. The molecule has 1 aliphatic heterocycles. The molecule has 0 saturated heterocycles. The molecule has 2 atom stereocenters. The van der Waals surface area contributed by atoms with E-state index >= 15 is 0 Å². The highest BCUT2D eigenvalue weighted by molar-refractivity contribution is 5.85. The third-order valence-electron chi connectivity index (χ3n) is 4.70. The van der Waals surface area contributed by atoms with E-state index in [1.165, 1.54) is 10.5 Å². The first-order valence-electron chi connectivity index (χ1n) is 8.49. The fourth-order valence-electron chi connectivity index (χ4n) is 3.33. The summed E-state index contributed by atoms with van der Waals surface area (Å²) >= 11 is 0. The molecule has 1 aliphatic rings. The second-order valence-corrected chi connectivity index (χ2v) is 7.89. The van der Waals surface area contributed by atoms with Crippen LogP contribution >= 0.6 is 0 Å². The van der Waals surface area contributed by atoms with Crippen LogP contribution in [0.2, 0.25) is 0 Å². The third kappa shape index (κ3) is 3.69. The minimum atomic E-state index is -0.505. The SMILES string of the molecule is CC(C)[C@@]1(c2ccccc2)C=CN(C=O)[C@H](C(=O)NC(C)(C)C)C1. The minimum absolute atomic E-state index is 0.111. The number of benzene rings is 1. The first-order chi connectivity index (χ1) is 11.2. The summed E-state index contributed by atoms with van der Waals surface area (Å²) in [7, 11) is 0. The number of carbonyl (C=O) groups excluding carboxylic acids is 2. The zero-order valence-electron chi connectivity index (χ0n) is 15.2. The van der Waals surface area contributed by atoms with Crippen LogP contribution in [-0.4, -0.2) is 28.8 Å². The summed E-state index contributed by atoms with van der Waals surface area (Å²) in [6.07, 6.45) is 5.14. The fourth-order valence-corrected chi connectivity index (χ4v) is 3.33. The monoisotopic (exact) mass is 328 g/mol. The topological polar surface area (TPSA) is 49.4 Å². The predicted octanol–water partition coefficient (Wildman–Crippen LogP) is 3.24. The van der Waals surface area contributed by atoms with Crippen molar-refractivity contribution in [3.8, 4) is 0 Å². The number of carbonyl (C=O) groups is 2. The highest BCUT2D eigenvalue weighted by Gasteiger charge is 2.43. The molecular weight excluding hydrogens is 300 g/mol. The van der Waals surface area contributed by atoms with E-state index in [0.29, 0.717) is 12.3 Å². The van der Waals surface area contributed by atoms with Crippen molar-refractivity contribution >= 4 is 12.3 Å². The molecule has 1 aromatic rings. The first kappa shape index (κ1) is 18.2. The normalized spacial score (nSPS) is 24.1. The molecule has 0 saturated carbocycles. The number of hydrogen-bond acceptors (Lipinski definition) is 2. The molecule has 2 amide bonds. The van der Waals surface area contributed by atoms with Crippen molar-refractivity contribution in [1.82, 2.24) is 10.2 Å². The highest BCUT2D eigenvalue weighted by Crippen LogP contribution is 2.41. The number of allylic oxidation sites excluding steroid dienone is 1. The van der Waals surface area contributed by atoms with Crippen LogP contribution in [0.3, 0.4) is 0 Å². The Kier molecular flexibility index (Phi) is 5.16. The lowest BCUT2D eigenvalue weighted by Crippen LogP contribution is -2.55. The van der Waals surface area contributed by atoms with E-state index in [-0.39, 0.29) is 16.9 Å². The summed E-state index contributed by atoms with van der Waals surface area (Å²) in [6, 6.07) is 9.72. The van der Waals surface area contributed by atoms with Gasteiger partial charge in [0.1, 0.15) is 6.04 Å². The van der Waals surface area contributed by atoms with Gasteiger partial charge < -0.3 is 10.2 Å². The molecule has 0 bridgehead atoms. The molecule has 0 aromatic heterocycles. The van der Waals surface area contributed by atoms with Crippen LogP contribution in [0.15, 0.2) is 42.6 Å². The molecule has 1 N–H and O–H groups in total. The largest absolute Gasteiger partial charge is 0.350 e. The van der Waals surface area contributed by atoms with Crippen molar-refractivity contribution in [3.63, 3.8) is 0 Å². The molecule has 4 nitrogen and oxygen atoms in total. The van der Waals surface area contributed by atoms with E-state index in [2.05, 4.69) is 37.4 Å². The van der Waals surface area contributed by atoms with Crippen LogP contribution in [0.4, 0.5) is 0 Å². The summed E-state index contributed by atoms with van der Waals surface area (Å²) in [5.41, 5.74) is 0.580. The molecule has 1 heterocycles. The molecule has 1 aromatic carbocycles. The average molecular weight is 328 g/mol. The van der Waals surface area contributed by atoms with Gasteiger partial charge in [-0.2, -0.15) is 0 Å². The lowest BCUT2D eigenvalue weighted by Gasteiger charge is -2.44. The van der Waals surface area contributed by atoms with Gasteiger partial charge >= 0.3 is 0 Å². The quantitative estimate of drug-likeness (QED) is 0.863. The molecule has 4 heteroatoms. The Labute approximate surface area is 144 Å². The Bertz CT molecular complexity index is 616. The van der Waals surface area contributed by atoms with E-state index in [4.69, 9.17) is 0 Å². The van der Waals surface area contributed by atoms with E-state index in [0.717, 1.165) is 6.41 Å². The molecule has 0 fully saturated rings. The molecule has 130 valence electrons. The van der Waals surface area contributed by atoms with Gasteiger partial charge in [-0.25, -0.2) is 0 Å². The standard InChI is InChI=1S/C20H28N2O2/c1-15(2)20(16-9-7-6-8-10-16)11-12-22(14-23)17(13-20)18(24)21-19(3,4)5/h6-12,14-15,17H,13H2,1-5H3,(H,21,24)/t17-,20+/m0/s1.